The third kappa shape index (κ3) is 5.05. The van der Waals surface area contributed by atoms with Crippen LogP contribution in [-0.4, -0.2) is 19.0 Å². The predicted molar refractivity (Wildman–Crippen MR) is 93.0 cm³/mol. The van der Waals surface area contributed by atoms with E-state index in [9.17, 15) is 0 Å². The van der Waals surface area contributed by atoms with Crippen molar-refractivity contribution in [1.82, 2.24) is 10.6 Å². The largest absolute Gasteiger partial charge is 0.354 e. The van der Waals surface area contributed by atoms with Crippen LogP contribution in [0.2, 0.25) is 0 Å². The van der Waals surface area contributed by atoms with Crippen LogP contribution in [0.3, 0.4) is 0 Å². The van der Waals surface area contributed by atoms with Crippen molar-refractivity contribution in [2.45, 2.75) is 38.3 Å². The molecule has 1 aromatic rings. The summed E-state index contributed by atoms with van der Waals surface area (Å²) in [6.45, 7) is 0.836. The van der Waals surface area contributed by atoms with Crippen molar-refractivity contribution in [2.24, 2.45) is 4.99 Å². The van der Waals surface area contributed by atoms with E-state index in [1.165, 1.54) is 30.6 Å². The highest BCUT2D eigenvalue weighted by Crippen LogP contribution is 2.19. The van der Waals surface area contributed by atoms with E-state index in [2.05, 4.69) is 43.0 Å². The van der Waals surface area contributed by atoms with Gasteiger partial charge in [-0.1, -0.05) is 12.8 Å². The first-order valence-corrected chi connectivity index (χ1v) is 7.65. The highest BCUT2D eigenvalue weighted by molar-refractivity contribution is 14.0. The molecule has 0 aromatic carbocycles. The quantitative estimate of drug-likeness (QED) is 0.424. The van der Waals surface area contributed by atoms with Crippen LogP contribution in [0.4, 0.5) is 0 Å². The van der Waals surface area contributed by atoms with Gasteiger partial charge in [0, 0.05) is 27.8 Å². The molecule has 1 fully saturated rings. The van der Waals surface area contributed by atoms with E-state index in [1.807, 2.05) is 7.05 Å². The lowest BCUT2D eigenvalue weighted by Crippen LogP contribution is -2.41. The number of nitrogens with one attached hydrogen (secondary N) is 2. The zero-order chi connectivity index (χ0) is 12.1. The Bertz CT molecular complexity index is 388. The molecular weight excluding hydrogens is 425 g/mol. The van der Waals surface area contributed by atoms with Gasteiger partial charge in [-0.25, -0.2) is 0 Å². The Morgan fingerprint density at radius 3 is 2.78 bits per heavy atom. The average Bonchev–Trinajstić information content (AvgIpc) is 2.96. The van der Waals surface area contributed by atoms with E-state index in [0.717, 1.165) is 17.0 Å². The number of hydrogen-bond donors (Lipinski definition) is 2. The summed E-state index contributed by atoms with van der Waals surface area (Å²) in [7, 11) is 1.83. The van der Waals surface area contributed by atoms with Gasteiger partial charge < -0.3 is 10.6 Å². The van der Waals surface area contributed by atoms with Crippen LogP contribution >= 0.6 is 51.2 Å². The molecule has 0 saturated heterocycles. The first kappa shape index (κ1) is 16.2. The van der Waals surface area contributed by atoms with Crippen molar-refractivity contribution in [3.63, 3.8) is 0 Å². The molecule has 0 amide bonds. The van der Waals surface area contributed by atoms with Crippen LogP contribution < -0.4 is 10.6 Å². The second-order valence-electron chi connectivity index (χ2n) is 4.28. The lowest BCUT2D eigenvalue weighted by molar-refractivity contribution is 0.614. The monoisotopic (exact) mass is 443 g/mol. The Hall–Kier alpha value is 0.180. The van der Waals surface area contributed by atoms with Crippen LogP contribution in [0, 0.1) is 0 Å². The fourth-order valence-electron chi connectivity index (χ4n) is 2.08. The molecule has 1 aromatic heterocycles. The van der Waals surface area contributed by atoms with Crippen molar-refractivity contribution in [3.8, 4) is 0 Å². The zero-order valence-corrected chi connectivity index (χ0v) is 15.1. The van der Waals surface area contributed by atoms with E-state index >= 15 is 0 Å². The van der Waals surface area contributed by atoms with Crippen LogP contribution in [0.15, 0.2) is 20.9 Å². The number of thiophene rings is 1. The van der Waals surface area contributed by atoms with Crippen LogP contribution in [0.5, 0.6) is 0 Å². The van der Waals surface area contributed by atoms with Crippen LogP contribution in [0.25, 0.3) is 0 Å². The van der Waals surface area contributed by atoms with Crippen molar-refractivity contribution in [2.75, 3.05) is 7.05 Å². The van der Waals surface area contributed by atoms with Gasteiger partial charge in [0.25, 0.3) is 0 Å². The lowest BCUT2D eigenvalue weighted by Gasteiger charge is -2.16. The summed E-state index contributed by atoms with van der Waals surface area (Å²) in [6.07, 6.45) is 5.22. The van der Waals surface area contributed by atoms with E-state index in [1.54, 1.807) is 11.3 Å². The molecule has 0 aliphatic heterocycles. The Morgan fingerprint density at radius 1 is 1.50 bits per heavy atom. The van der Waals surface area contributed by atoms with Crippen molar-refractivity contribution in [3.05, 3.63) is 20.8 Å². The molecule has 0 atom stereocenters. The van der Waals surface area contributed by atoms with Gasteiger partial charge in [0.1, 0.15) is 0 Å². The molecule has 1 aliphatic rings. The number of guanidine groups is 1. The summed E-state index contributed by atoms with van der Waals surface area (Å²) < 4.78 is 1.15. The molecule has 0 spiro atoms. The maximum atomic E-state index is 4.26. The van der Waals surface area contributed by atoms with Gasteiger partial charge in [-0.3, -0.25) is 4.99 Å². The summed E-state index contributed by atoms with van der Waals surface area (Å²) >= 11 is 5.22. The molecule has 6 heteroatoms. The molecule has 0 radical (unpaired) electrons. The van der Waals surface area contributed by atoms with E-state index in [0.29, 0.717) is 6.04 Å². The number of halogens is 2. The zero-order valence-electron chi connectivity index (χ0n) is 10.4. The number of hydrogen-bond acceptors (Lipinski definition) is 2. The molecule has 1 aliphatic carbocycles. The molecule has 18 heavy (non-hydrogen) atoms. The van der Waals surface area contributed by atoms with Crippen molar-refractivity contribution >= 4 is 57.2 Å². The summed E-state index contributed by atoms with van der Waals surface area (Å²) in [6, 6.07) is 2.75. The second kappa shape index (κ2) is 8.37. The third-order valence-corrected chi connectivity index (χ3v) is 4.67. The van der Waals surface area contributed by atoms with Crippen LogP contribution in [0.1, 0.15) is 30.6 Å². The first-order valence-electron chi connectivity index (χ1n) is 5.98. The van der Waals surface area contributed by atoms with Crippen molar-refractivity contribution < 1.29 is 0 Å². The lowest BCUT2D eigenvalue weighted by atomic mass is 10.2. The SMILES string of the molecule is CN=C(NCc1cc(Br)cs1)NC1CCCC1.I. The van der Waals surface area contributed by atoms with Gasteiger partial charge in [-0.15, -0.1) is 35.3 Å². The molecule has 102 valence electrons. The summed E-state index contributed by atoms with van der Waals surface area (Å²) in [4.78, 5) is 5.57. The normalized spacial score (nSPS) is 16.4. The summed E-state index contributed by atoms with van der Waals surface area (Å²) in [5, 5.41) is 8.93. The Morgan fingerprint density at radius 2 is 2.22 bits per heavy atom. The maximum Gasteiger partial charge on any atom is 0.191 e. The highest BCUT2D eigenvalue weighted by atomic mass is 127. The standard InChI is InChI=1S/C12H18BrN3S.HI/c1-14-12(16-10-4-2-3-5-10)15-7-11-6-9(13)8-17-11;/h6,8,10H,2-5,7H2,1H3,(H2,14,15,16);1H. The van der Waals surface area contributed by atoms with Gasteiger partial charge in [0.2, 0.25) is 0 Å². The fraction of sp³-hybridized carbons (Fsp3) is 0.583. The molecule has 2 N–H and O–H groups in total. The van der Waals surface area contributed by atoms with Gasteiger partial charge in [0.15, 0.2) is 5.96 Å². The molecule has 1 saturated carbocycles. The van der Waals surface area contributed by atoms with Crippen molar-refractivity contribution in [1.29, 1.82) is 0 Å². The van der Waals surface area contributed by atoms with Crippen LogP contribution in [-0.2, 0) is 6.54 Å². The van der Waals surface area contributed by atoms with E-state index < -0.39 is 0 Å². The Kier molecular flexibility index (Phi) is 7.55. The average molecular weight is 444 g/mol. The molecule has 3 nitrogen and oxygen atoms in total. The minimum Gasteiger partial charge on any atom is -0.354 e. The topological polar surface area (TPSA) is 36.4 Å². The van der Waals surface area contributed by atoms with Gasteiger partial charge >= 0.3 is 0 Å². The molecular formula is C12H19BrIN3S. The van der Waals surface area contributed by atoms with E-state index in [-0.39, 0.29) is 24.0 Å². The second-order valence-corrected chi connectivity index (χ2v) is 6.19. The molecule has 2 rings (SSSR count). The predicted octanol–water partition coefficient (Wildman–Crippen LogP) is 3.74. The maximum absolute atomic E-state index is 4.26. The summed E-state index contributed by atoms with van der Waals surface area (Å²) in [5.41, 5.74) is 0. The number of aliphatic imine (C=N–C) groups is 1. The molecule has 1 heterocycles. The third-order valence-electron chi connectivity index (χ3n) is 2.97. The number of nitrogens with zero attached hydrogens (tertiary/aromatic N) is 1. The molecule has 0 unspecified atom stereocenters. The first-order chi connectivity index (χ1) is 8.28. The number of rotatable bonds is 3. The van der Waals surface area contributed by atoms with Gasteiger partial charge in [-0.2, -0.15) is 0 Å². The Labute approximate surface area is 138 Å². The smallest absolute Gasteiger partial charge is 0.191 e. The summed E-state index contributed by atoms with van der Waals surface area (Å²) in [5.74, 6) is 0.918. The minimum atomic E-state index is 0. The molecule has 0 bridgehead atoms. The Balaban J connectivity index is 0.00000162. The fourth-order valence-corrected chi connectivity index (χ4v) is 3.47. The van der Waals surface area contributed by atoms with E-state index in [4.69, 9.17) is 0 Å². The van der Waals surface area contributed by atoms with Gasteiger partial charge in [-0.05, 0) is 34.8 Å². The highest BCUT2D eigenvalue weighted by Gasteiger charge is 2.15. The van der Waals surface area contributed by atoms with Gasteiger partial charge in [0.05, 0.1) is 6.54 Å². The minimum absolute atomic E-state index is 0.